The highest BCUT2D eigenvalue weighted by Gasteiger charge is 2.45. The van der Waals surface area contributed by atoms with E-state index in [9.17, 15) is 8.42 Å². The van der Waals surface area contributed by atoms with Crippen LogP contribution in [0.4, 0.5) is 5.69 Å². The fourth-order valence-corrected chi connectivity index (χ4v) is 4.51. The summed E-state index contributed by atoms with van der Waals surface area (Å²) in [6.07, 6.45) is 9.20. The van der Waals surface area contributed by atoms with Gasteiger partial charge in [0.25, 0.3) is 0 Å². The Morgan fingerprint density at radius 1 is 1.18 bits per heavy atom. The second-order valence-corrected chi connectivity index (χ2v) is 8.48. The number of anilines is 1. The predicted octanol–water partition coefficient (Wildman–Crippen LogP) is 3.75. The number of ether oxygens (including phenoxy) is 1. The van der Waals surface area contributed by atoms with Crippen LogP contribution in [0.25, 0.3) is 0 Å². The lowest BCUT2D eigenvalue weighted by atomic mass is 9.84. The van der Waals surface area contributed by atoms with Crippen molar-refractivity contribution >= 4 is 15.7 Å². The molecule has 122 valence electrons. The maximum atomic E-state index is 11.4. The number of rotatable bonds is 5. The molecular formula is C17H25NO3S. The zero-order valence-electron chi connectivity index (χ0n) is 13.3. The average Bonchev–Trinajstić information content (AvgIpc) is 3.27. The first-order chi connectivity index (χ1) is 10.5. The van der Waals surface area contributed by atoms with E-state index in [1.54, 1.807) is 13.2 Å². The number of methoxy groups -OCH3 is 1. The van der Waals surface area contributed by atoms with Gasteiger partial charge >= 0.3 is 0 Å². The molecule has 1 aromatic rings. The minimum absolute atomic E-state index is 0.527. The molecule has 1 N–H and O–H groups in total. The van der Waals surface area contributed by atoms with Gasteiger partial charge in [-0.15, -0.1) is 0 Å². The van der Waals surface area contributed by atoms with Crippen LogP contribution >= 0.6 is 0 Å². The molecule has 4 nitrogen and oxygen atoms in total. The van der Waals surface area contributed by atoms with E-state index in [4.69, 9.17) is 4.74 Å². The first kappa shape index (κ1) is 15.7. The van der Waals surface area contributed by atoms with Gasteiger partial charge in [0.1, 0.15) is 5.75 Å². The van der Waals surface area contributed by atoms with Gasteiger partial charge in [-0.2, -0.15) is 0 Å². The normalized spacial score (nSPS) is 25.7. The van der Waals surface area contributed by atoms with Gasteiger partial charge < -0.3 is 4.74 Å². The van der Waals surface area contributed by atoms with Crippen molar-refractivity contribution in [2.75, 3.05) is 18.1 Å². The number of benzene rings is 1. The second-order valence-electron chi connectivity index (χ2n) is 6.74. The Hall–Kier alpha value is -1.23. The SMILES string of the molecule is COc1ccc(NS(C)(=O)=O)cc1[C@H]1C[C@@H]1C1CCCCC1. The highest BCUT2D eigenvalue weighted by Crippen LogP contribution is 2.57. The van der Waals surface area contributed by atoms with Crippen molar-refractivity contribution < 1.29 is 13.2 Å². The van der Waals surface area contributed by atoms with Crippen LogP contribution in [-0.2, 0) is 10.0 Å². The van der Waals surface area contributed by atoms with Gasteiger partial charge in [0.2, 0.25) is 10.0 Å². The van der Waals surface area contributed by atoms with E-state index in [2.05, 4.69) is 4.72 Å². The maximum Gasteiger partial charge on any atom is 0.229 e. The van der Waals surface area contributed by atoms with Gasteiger partial charge in [0.15, 0.2) is 0 Å². The largest absolute Gasteiger partial charge is 0.496 e. The molecule has 2 aliphatic carbocycles. The molecule has 0 saturated heterocycles. The molecule has 0 aromatic heterocycles. The van der Waals surface area contributed by atoms with Gasteiger partial charge in [-0.25, -0.2) is 8.42 Å². The third kappa shape index (κ3) is 3.57. The van der Waals surface area contributed by atoms with Gasteiger partial charge in [0.05, 0.1) is 13.4 Å². The monoisotopic (exact) mass is 323 g/mol. The van der Waals surface area contributed by atoms with E-state index in [0.29, 0.717) is 11.6 Å². The topological polar surface area (TPSA) is 55.4 Å². The zero-order valence-corrected chi connectivity index (χ0v) is 14.2. The van der Waals surface area contributed by atoms with Crippen molar-refractivity contribution in [3.63, 3.8) is 0 Å². The zero-order chi connectivity index (χ0) is 15.7. The fourth-order valence-electron chi connectivity index (χ4n) is 3.96. The van der Waals surface area contributed by atoms with E-state index in [0.717, 1.165) is 23.1 Å². The van der Waals surface area contributed by atoms with E-state index in [-0.39, 0.29) is 0 Å². The molecule has 0 heterocycles. The van der Waals surface area contributed by atoms with Gasteiger partial charge in [0, 0.05) is 5.69 Å². The smallest absolute Gasteiger partial charge is 0.229 e. The van der Waals surface area contributed by atoms with Gasteiger partial charge in [-0.05, 0) is 47.9 Å². The van der Waals surface area contributed by atoms with Crippen LogP contribution in [-0.4, -0.2) is 21.8 Å². The molecule has 0 radical (unpaired) electrons. The summed E-state index contributed by atoms with van der Waals surface area (Å²) in [7, 11) is -1.56. The van der Waals surface area contributed by atoms with Crippen LogP contribution in [0.1, 0.15) is 50.0 Å². The minimum Gasteiger partial charge on any atom is -0.496 e. The molecule has 2 fully saturated rings. The standard InChI is InChI=1S/C17H25NO3S/c1-21-17-9-8-13(18-22(2,19)20)10-16(17)15-11-14(15)12-6-4-3-5-7-12/h8-10,12,14-15,18H,3-7,11H2,1-2H3/t14-,15+/m1/s1. The van der Waals surface area contributed by atoms with Crippen molar-refractivity contribution in [1.82, 2.24) is 0 Å². The van der Waals surface area contributed by atoms with Crippen molar-refractivity contribution in [3.8, 4) is 5.75 Å². The first-order valence-electron chi connectivity index (χ1n) is 8.13. The molecule has 0 amide bonds. The van der Waals surface area contributed by atoms with Crippen LogP contribution in [0.15, 0.2) is 18.2 Å². The van der Waals surface area contributed by atoms with E-state index < -0.39 is 10.0 Å². The number of hydrogen-bond donors (Lipinski definition) is 1. The first-order valence-corrected chi connectivity index (χ1v) is 10.0. The molecule has 2 aliphatic rings. The Labute approximate surface area is 133 Å². The van der Waals surface area contributed by atoms with E-state index >= 15 is 0 Å². The van der Waals surface area contributed by atoms with Crippen LogP contribution < -0.4 is 9.46 Å². The van der Waals surface area contributed by atoms with Gasteiger partial charge in [-0.3, -0.25) is 4.72 Å². The highest BCUT2D eigenvalue weighted by molar-refractivity contribution is 7.92. The molecule has 2 atom stereocenters. The van der Waals surface area contributed by atoms with Crippen molar-refractivity contribution in [2.24, 2.45) is 11.8 Å². The van der Waals surface area contributed by atoms with Crippen molar-refractivity contribution in [3.05, 3.63) is 23.8 Å². The Balaban J connectivity index is 1.78. The van der Waals surface area contributed by atoms with E-state index in [1.807, 2.05) is 12.1 Å². The molecule has 3 rings (SSSR count). The summed E-state index contributed by atoms with van der Waals surface area (Å²) in [6.45, 7) is 0. The Bertz CT molecular complexity index is 635. The molecule has 0 bridgehead atoms. The fraction of sp³-hybridized carbons (Fsp3) is 0.647. The maximum absolute atomic E-state index is 11.4. The van der Waals surface area contributed by atoms with Crippen LogP contribution in [0.2, 0.25) is 0 Å². The van der Waals surface area contributed by atoms with Crippen LogP contribution in [0.3, 0.4) is 0 Å². The van der Waals surface area contributed by atoms with Crippen molar-refractivity contribution in [2.45, 2.75) is 44.4 Å². The molecule has 0 spiro atoms. The third-order valence-electron chi connectivity index (χ3n) is 5.03. The van der Waals surface area contributed by atoms with Crippen molar-refractivity contribution in [1.29, 1.82) is 0 Å². The minimum atomic E-state index is -3.24. The number of sulfonamides is 1. The summed E-state index contributed by atoms with van der Waals surface area (Å²) < 4.78 is 30.9. The predicted molar refractivity (Wildman–Crippen MR) is 88.9 cm³/mol. The molecule has 22 heavy (non-hydrogen) atoms. The lowest BCUT2D eigenvalue weighted by Gasteiger charge is -2.22. The van der Waals surface area contributed by atoms with E-state index in [1.165, 1.54) is 44.8 Å². The summed E-state index contributed by atoms with van der Waals surface area (Å²) in [4.78, 5) is 0. The average molecular weight is 323 g/mol. The Morgan fingerprint density at radius 3 is 2.55 bits per heavy atom. The lowest BCUT2D eigenvalue weighted by Crippen LogP contribution is -2.11. The number of hydrogen-bond acceptors (Lipinski definition) is 3. The Kier molecular flexibility index (Phi) is 4.35. The summed E-state index contributed by atoms with van der Waals surface area (Å²) >= 11 is 0. The summed E-state index contributed by atoms with van der Waals surface area (Å²) in [5.74, 6) is 3.00. The molecule has 0 unspecified atom stereocenters. The summed E-state index contributed by atoms with van der Waals surface area (Å²) in [5, 5.41) is 0. The third-order valence-corrected chi connectivity index (χ3v) is 5.63. The molecule has 5 heteroatoms. The summed E-state index contributed by atoms with van der Waals surface area (Å²) in [6, 6.07) is 5.59. The van der Waals surface area contributed by atoms with Crippen LogP contribution in [0, 0.1) is 11.8 Å². The molecule has 2 saturated carbocycles. The Morgan fingerprint density at radius 2 is 1.91 bits per heavy atom. The summed E-state index contributed by atoms with van der Waals surface area (Å²) in [5.41, 5.74) is 1.79. The molecule has 1 aromatic carbocycles. The quantitative estimate of drug-likeness (QED) is 0.898. The molecule has 0 aliphatic heterocycles. The second kappa shape index (κ2) is 6.11. The number of nitrogens with one attached hydrogen (secondary N) is 1. The van der Waals surface area contributed by atoms with Gasteiger partial charge in [-0.1, -0.05) is 32.1 Å². The van der Waals surface area contributed by atoms with Crippen LogP contribution in [0.5, 0.6) is 5.75 Å². The lowest BCUT2D eigenvalue weighted by molar-refractivity contribution is 0.317. The highest BCUT2D eigenvalue weighted by atomic mass is 32.2. The molecular weight excluding hydrogens is 298 g/mol.